The summed E-state index contributed by atoms with van der Waals surface area (Å²) in [6.45, 7) is 7.24. The Labute approximate surface area is 154 Å². The fourth-order valence-corrected chi connectivity index (χ4v) is 4.58. The first-order valence-electron chi connectivity index (χ1n) is 8.69. The Morgan fingerprint density at radius 1 is 1.24 bits per heavy atom. The number of thioether (sulfide) groups is 1. The van der Waals surface area contributed by atoms with Crippen molar-refractivity contribution in [3.63, 3.8) is 0 Å². The van der Waals surface area contributed by atoms with E-state index in [0.717, 1.165) is 19.3 Å². The van der Waals surface area contributed by atoms with E-state index in [1.807, 2.05) is 6.92 Å². The normalized spacial score (nSPS) is 17.4. The molecule has 0 aromatic carbocycles. The van der Waals surface area contributed by atoms with Crippen molar-refractivity contribution in [3.05, 3.63) is 18.3 Å². The molecule has 1 aromatic rings. The van der Waals surface area contributed by atoms with Gasteiger partial charge in [0.05, 0.1) is 10.8 Å². The van der Waals surface area contributed by atoms with Gasteiger partial charge in [-0.05, 0) is 37.8 Å². The van der Waals surface area contributed by atoms with Gasteiger partial charge in [-0.25, -0.2) is 13.4 Å². The molecule has 2 heterocycles. The van der Waals surface area contributed by atoms with Gasteiger partial charge in [-0.1, -0.05) is 32.0 Å². The second-order valence-electron chi connectivity index (χ2n) is 6.69. The minimum absolute atomic E-state index is 0.0435. The standard InChI is InChI=1S/C17H27N3O3S2/c1-13(2)14(3)19-16(21)12-24-17-8-7-15(11-18-17)25(22,23)20-9-5-4-6-10-20/h7-8,11,13-14H,4-6,9-10,12H2,1-3H3,(H,19,21). The van der Waals surface area contributed by atoms with Crippen molar-refractivity contribution in [2.45, 2.75) is 56.0 Å². The lowest BCUT2D eigenvalue weighted by Crippen LogP contribution is -2.37. The molecule has 1 aromatic heterocycles. The van der Waals surface area contributed by atoms with Crippen LogP contribution in [0.1, 0.15) is 40.0 Å². The van der Waals surface area contributed by atoms with Crippen LogP contribution in [-0.2, 0) is 14.8 Å². The van der Waals surface area contributed by atoms with E-state index in [2.05, 4.69) is 24.1 Å². The molecule has 1 aliphatic rings. The van der Waals surface area contributed by atoms with E-state index < -0.39 is 10.0 Å². The van der Waals surface area contributed by atoms with Gasteiger partial charge in [0.2, 0.25) is 15.9 Å². The van der Waals surface area contributed by atoms with Crippen LogP contribution in [0.3, 0.4) is 0 Å². The van der Waals surface area contributed by atoms with Gasteiger partial charge in [0.1, 0.15) is 4.90 Å². The molecule has 2 rings (SSSR count). The smallest absolute Gasteiger partial charge is 0.244 e. The molecule has 6 nitrogen and oxygen atoms in total. The van der Waals surface area contributed by atoms with Crippen LogP contribution in [0, 0.1) is 5.92 Å². The van der Waals surface area contributed by atoms with Crippen molar-refractivity contribution in [2.75, 3.05) is 18.8 Å². The highest BCUT2D eigenvalue weighted by atomic mass is 32.2. The highest BCUT2D eigenvalue weighted by Gasteiger charge is 2.26. The van der Waals surface area contributed by atoms with Gasteiger partial charge in [-0.2, -0.15) is 4.31 Å². The lowest BCUT2D eigenvalue weighted by Gasteiger charge is -2.25. The summed E-state index contributed by atoms with van der Waals surface area (Å²) in [5, 5.41) is 3.58. The van der Waals surface area contributed by atoms with Gasteiger partial charge in [-0.3, -0.25) is 4.79 Å². The topological polar surface area (TPSA) is 79.4 Å². The molecule has 0 saturated carbocycles. The summed E-state index contributed by atoms with van der Waals surface area (Å²) in [5.41, 5.74) is 0. The van der Waals surface area contributed by atoms with Gasteiger partial charge < -0.3 is 5.32 Å². The third kappa shape index (κ3) is 5.69. The maximum atomic E-state index is 12.6. The first-order valence-corrected chi connectivity index (χ1v) is 11.1. The first-order chi connectivity index (χ1) is 11.8. The van der Waals surface area contributed by atoms with Crippen molar-refractivity contribution in [1.29, 1.82) is 0 Å². The Bertz CT molecular complexity index is 669. The van der Waals surface area contributed by atoms with Crippen LogP contribution in [0.15, 0.2) is 28.3 Å². The minimum atomic E-state index is -3.45. The van der Waals surface area contributed by atoms with Crippen LogP contribution in [0.25, 0.3) is 0 Å². The quantitative estimate of drug-likeness (QED) is 0.730. The molecule has 0 spiro atoms. The van der Waals surface area contributed by atoms with E-state index >= 15 is 0 Å². The second kappa shape index (κ2) is 9.00. The molecule has 1 N–H and O–H groups in total. The molecule has 1 saturated heterocycles. The van der Waals surface area contributed by atoms with Crippen molar-refractivity contribution in [3.8, 4) is 0 Å². The molecule has 0 bridgehead atoms. The van der Waals surface area contributed by atoms with E-state index in [0.29, 0.717) is 24.0 Å². The molecule has 0 aliphatic carbocycles. The predicted octanol–water partition coefficient (Wildman–Crippen LogP) is 2.51. The molecule has 1 fully saturated rings. The number of hydrogen-bond acceptors (Lipinski definition) is 5. The molecule has 25 heavy (non-hydrogen) atoms. The zero-order chi connectivity index (χ0) is 18.4. The van der Waals surface area contributed by atoms with Gasteiger partial charge in [0.25, 0.3) is 0 Å². The first kappa shape index (κ1) is 20.2. The average molecular weight is 386 g/mol. The number of hydrogen-bond donors (Lipinski definition) is 1. The Morgan fingerprint density at radius 3 is 2.48 bits per heavy atom. The maximum absolute atomic E-state index is 12.6. The molecule has 8 heteroatoms. The number of sulfonamides is 1. The number of amides is 1. The molecule has 1 aliphatic heterocycles. The Kier molecular flexibility index (Phi) is 7.27. The molecule has 140 valence electrons. The van der Waals surface area contributed by atoms with Crippen molar-refractivity contribution < 1.29 is 13.2 Å². The SMILES string of the molecule is CC(C)C(C)NC(=O)CSc1ccc(S(=O)(=O)N2CCCCC2)cn1. The van der Waals surface area contributed by atoms with Crippen molar-refractivity contribution in [1.82, 2.24) is 14.6 Å². The van der Waals surface area contributed by atoms with Crippen molar-refractivity contribution >= 4 is 27.7 Å². The monoisotopic (exact) mass is 385 g/mol. The molecule has 1 unspecified atom stereocenters. The van der Waals surface area contributed by atoms with E-state index in [9.17, 15) is 13.2 Å². The number of carbonyl (C=O) groups is 1. The Hall–Kier alpha value is -1.12. The highest BCUT2D eigenvalue weighted by molar-refractivity contribution is 7.99. The number of rotatable bonds is 7. The minimum Gasteiger partial charge on any atom is -0.353 e. The Balaban J connectivity index is 1.92. The van der Waals surface area contributed by atoms with Crippen LogP contribution >= 0.6 is 11.8 Å². The molecule has 1 atom stereocenters. The van der Waals surface area contributed by atoms with Crippen LogP contribution in [0.4, 0.5) is 0 Å². The predicted molar refractivity (Wildman–Crippen MR) is 100 cm³/mol. The van der Waals surface area contributed by atoms with Crippen LogP contribution in [0.2, 0.25) is 0 Å². The lowest BCUT2D eigenvalue weighted by atomic mass is 10.1. The molecule has 1 amide bonds. The fourth-order valence-electron chi connectivity index (χ4n) is 2.46. The zero-order valence-corrected chi connectivity index (χ0v) is 16.7. The van der Waals surface area contributed by atoms with Crippen molar-refractivity contribution in [2.24, 2.45) is 5.92 Å². The summed E-state index contributed by atoms with van der Waals surface area (Å²) in [6, 6.07) is 3.37. The highest BCUT2D eigenvalue weighted by Crippen LogP contribution is 2.22. The molecule has 0 radical (unpaired) electrons. The van der Waals surface area contributed by atoms with E-state index in [4.69, 9.17) is 0 Å². The van der Waals surface area contributed by atoms with Gasteiger partial charge in [0.15, 0.2) is 0 Å². The van der Waals surface area contributed by atoms with E-state index in [1.165, 1.54) is 22.3 Å². The third-order valence-electron chi connectivity index (χ3n) is 4.40. The largest absolute Gasteiger partial charge is 0.353 e. The van der Waals surface area contributed by atoms with Gasteiger partial charge in [0, 0.05) is 25.3 Å². The van der Waals surface area contributed by atoms with Crippen LogP contribution in [0.5, 0.6) is 0 Å². The van der Waals surface area contributed by atoms with E-state index in [-0.39, 0.29) is 22.6 Å². The third-order valence-corrected chi connectivity index (χ3v) is 7.23. The summed E-state index contributed by atoms with van der Waals surface area (Å²) < 4.78 is 26.7. The summed E-state index contributed by atoms with van der Waals surface area (Å²) >= 11 is 1.31. The number of aromatic nitrogens is 1. The molecular formula is C17H27N3O3S2. The summed E-state index contributed by atoms with van der Waals surface area (Å²) in [4.78, 5) is 16.3. The fraction of sp³-hybridized carbons (Fsp3) is 0.647. The summed E-state index contributed by atoms with van der Waals surface area (Å²) in [7, 11) is -3.45. The number of pyridine rings is 1. The number of piperidine rings is 1. The second-order valence-corrected chi connectivity index (χ2v) is 9.62. The van der Waals surface area contributed by atoms with Gasteiger partial charge in [-0.15, -0.1) is 0 Å². The zero-order valence-electron chi connectivity index (χ0n) is 15.1. The Morgan fingerprint density at radius 2 is 1.92 bits per heavy atom. The lowest BCUT2D eigenvalue weighted by molar-refractivity contribution is -0.119. The molecular weight excluding hydrogens is 358 g/mol. The summed E-state index contributed by atoms with van der Waals surface area (Å²) in [5.74, 6) is 0.604. The van der Waals surface area contributed by atoms with E-state index in [1.54, 1.807) is 12.1 Å². The number of nitrogens with one attached hydrogen (secondary N) is 1. The summed E-state index contributed by atoms with van der Waals surface area (Å²) in [6.07, 6.45) is 4.28. The maximum Gasteiger partial charge on any atom is 0.244 e. The van der Waals surface area contributed by atoms with Crippen LogP contribution in [-0.4, -0.2) is 48.5 Å². The average Bonchev–Trinajstić information content (AvgIpc) is 2.61. The number of carbonyl (C=O) groups excluding carboxylic acids is 1. The number of nitrogens with zero attached hydrogens (tertiary/aromatic N) is 2. The van der Waals surface area contributed by atoms with Crippen LogP contribution < -0.4 is 5.32 Å². The van der Waals surface area contributed by atoms with Gasteiger partial charge >= 0.3 is 0 Å².